The minimum atomic E-state index is -4.44. The van der Waals surface area contributed by atoms with Crippen molar-refractivity contribution in [2.24, 2.45) is 0 Å². The summed E-state index contributed by atoms with van der Waals surface area (Å²) in [5, 5.41) is 10.9. The fourth-order valence-electron chi connectivity index (χ4n) is 3.68. The Hall–Kier alpha value is -4.93. The van der Waals surface area contributed by atoms with Crippen LogP contribution in [0.2, 0.25) is 0 Å². The van der Waals surface area contributed by atoms with E-state index >= 15 is 0 Å². The van der Waals surface area contributed by atoms with E-state index in [0.717, 1.165) is 23.6 Å². The highest BCUT2D eigenvalue weighted by Gasteiger charge is 2.30. The highest BCUT2D eigenvalue weighted by atomic mass is 19.4. The van der Waals surface area contributed by atoms with Crippen molar-refractivity contribution in [3.63, 3.8) is 0 Å². The number of alkyl halides is 3. The van der Waals surface area contributed by atoms with Crippen molar-refractivity contribution in [3.05, 3.63) is 96.4 Å². The van der Waals surface area contributed by atoms with E-state index in [9.17, 15) is 18.0 Å². The van der Waals surface area contributed by atoms with Gasteiger partial charge in [-0.2, -0.15) is 18.3 Å². The quantitative estimate of drug-likeness (QED) is 0.302. The van der Waals surface area contributed by atoms with Crippen LogP contribution in [0, 0.1) is 0 Å². The molecule has 2 aromatic heterocycles. The summed E-state index contributed by atoms with van der Waals surface area (Å²) in [6.07, 6.45) is -1.39. The van der Waals surface area contributed by atoms with Gasteiger partial charge in [0.25, 0.3) is 5.91 Å². The van der Waals surface area contributed by atoms with Gasteiger partial charge >= 0.3 is 6.18 Å². The maximum Gasteiger partial charge on any atom is 0.416 e. The van der Waals surface area contributed by atoms with E-state index in [1.54, 1.807) is 42.3 Å². The molecule has 0 aliphatic rings. The predicted molar refractivity (Wildman–Crippen MR) is 132 cm³/mol. The summed E-state index contributed by atoms with van der Waals surface area (Å²) < 4.78 is 45.2. The molecule has 8 nitrogen and oxygen atoms in total. The number of anilines is 3. The van der Waals surface area contributed by atoms with Gasteiger partial charge in [-0.1, -0.05) is 6.07 Å². The molecule has 0 aliphatic heterocycles. The van der Waals surface area contributed by atoms with E-state index < -0.39 is 17.6 Å². The number of carbonyl (C=O) groups is 1. The van der Waals surface area contributed by atoms with Gasteiger partial charge in [0.2, 0.25) is 0 Å². The van der Waals surface area contributed by atoms with Crippen LogP contribution in [0.3, 0.4) is 0 Å². The van der Waals surface area contributed by atoms with Crippen molar-refractivity contribution in [2.45, 2.75) is 6.18 Å². The first-order valence-corrected chi connectivity index (χ1v) is 11.0. The Morgan fingerprint density at radius 1 is 0.946 bits per heavy atom. The number of hydrogen-bond acceptors (Lipinski definition) is 6. The minimum Gasteiger partial charge on any atom is -0.497 e. The van der Waals surface area contributed by atoms with Crippen molar-refractivity contribution in [2.75, 3.05) is 17.7 Å². The summed E-state index contributed by atoms with van der Waals surface area (Å²) >= 11 is 0. The highest BCUT2D eigenvalue weighted by molar-refractivity contribution is 6.05. The molecule has 1 amide bonds. The summed E-state index contributed by atoms with van der Waals surface area (Å²) in [5.41, 5.74) is 1.73. The van der Waals surface area contributed by atoms with E-state index in [2.05, 4.69) is 25.7 Å². The van der Waals surface area contributed by atoms with Crippen LogP contribution >= 0.6 is 0 Å². The molecule has 186 valence electrons. The van der Waals surface area contributed by atoms with Crippen molar-refractivity contribution in [1.29, 1.82) is 0 Å². The Labute approximate surface area is 208 Å². The van der Waals surface area contributed by atoms with Gasteiger partial charge < -0.3 is 15.4 Å². The Morgan fingerprint density at radius 3 is 2.41 bits per heavy atom. The lowest BCUT2D eigenvalue weighted by Crippen LogP contribution is -2.12. The van der Waals surface area contributed by atoms with E-state index in [1.807, 2.05) is 24.3 Å². The fraction of sp³-hybridized carbons (Fsp3) is 0.0769. The summed E-state index contributed by atoms with van der Waals surface area (Å²) in [5.74, 6) is 0.744. The van der Waals surface area contributed by atoms with Crippen molar-refractivity contribution in [3.8, 4) is 11.4 Å². The van der Waals surface area contributed by atoms with Crippen LogP contribution in [-0.2, 0) is 6.18 Å². The normalized spacial score (nSPS) is 11.4. The molecule has 0 unspecified atom stereocenters. The standard InChI is InChI=1S/C26H19F3N6O2/c1-37-21-11-9-20(10-12-21)35-24-22(14-32-35)23(30-15-31-24)33-19-4-2-3-16(13-19)25(36)34-18-7-5-17(6-8-18)26(27,28)29/h2-15H,1H3,(H,34,36)(H,30,31,33). The maximum atomic E-state index is 12.8. The lowest BCUT2D eigenvalue weighted by Gasteiger charge is -2.10. The third-order valence-corrected chi connectivity index (χ3v) is 5.54. The molecule has 5 aromatic rings. The number of halogens is 3. The number of aromatic nitrogens is 4. The fourth-order valence-corrected chi connectivity index (χ4v) is 3.68. The van der Waals surface area contributed by atoms with Gasteiger partial charge in [-0.05, 0) is 66.7 Å². The van der Waals surface area contributed by atoms with Gasteiger partial charge in [-0.15, -0.1) is 0 Å². The largest absolute Gasteiger partial charge is 0.497 e. The molecular formula is C26H19F3N6O2. The lowest BCUT2D eigenvalue weighted by atomic mass is 10.1. The topological polar surface area (TPSA) is 94.0 Å². The molecule has 0 saturated heterocycles. The zero-order valence-corrected chi connectivity index (χ0v) is 19.3. The summed E-state index contributed by atoms with van der Waals surface area (Å²) in [7, 11) is 1.59. The van der Waals surface area contributed by atoms with E-state index in [1.165, 1.54) is 18.5 Å². The second-order valence-corrected chi connectivity index (χ2v) is 7.95. The van der Waals surface area contributed by atoms with E-state index in [4.69, 9.17) is 4.74 Å². The Morgan fingerprint density at radius 2 is 1.70 bits per heavy atom. The number of carbonyl (C=O) groups excluding carboxylic acids is 1. The Balaban J connectivity index is 1.35. The van der Waals surface area contributed by atoms with Crippen LogP contribution in [0.25, 0.3) is 16.7 Å². The Kier molecular flexibility index (Phi) is 6.18. The monoisotopic (exact) mass is 504 g/mol. The number of hydrogen-bond donors (Lipinski definition) is 2. The number of amides is 1. The van der Waals surface area contributed by atoms with Gasteiger partial charge in [0.15, 0.2) is 5.65 Å². The smallest absolute Gasteiger partial charge is 0.416 e. The van der Waals surface area contributed by atoms with E-state index in [0.29, 0.717) is 28.1 Å². The molecule has 0 fully saturated rings. The molecule has 0 spiro atoms. The maximum absolute atomic E-state index is 12.8. The predicted octanol–water partition coefficient (Wildman–Crippen LogP) is 5.84. The van der Waals surface area contributed by atoms with Crippen molar-refractivity contribution >= 4 is 34.1 Å². The first-order valence-electron chi connectivity index (χ1n) is 11.0. The summed E-state index contributed by atoms with van der Waals surface area (Å²) in [4.78, 5) is 21.4. The average molecular weight is 504 g/mol. The number of benzene rings is 3. The molecule has 0 saturated carbocycles. The molecule has 0 atom stereocenters. The number of fused-ring (bicyclic) bond motifs is 1. The second-order valence-electron chi connectivity index (χ2n) is 7.95. The number of rotatable bonds is 6. The van der Waals surface area contributed by atoms with Gasteiger partial charge in [-0.25, -0.2) is 14.6 Å². The molecule has 3 aromatic carbocycles. The molecule has 37 heavy (non-hydrogen) atoms. The zero-order chi connectivity index (χ0) is 26.0. The van der Waals surface area contributed by atoms with Crippen molar-refractivity contribution < 1.29 is 22.7 Å². The molecule has 2 N–H and O–H groups in total. The number of methoxy groups -OCH3 is 1. The molecule has 0 radical (unpaired) electrons. The van der Waals surface area contributed by atoms with Crippen LogP contribution in [0.4, 0.5) is 30.4 Å². The summed E-state index contributed by atoms with van der Waals surface area (Å²) in [6.45, 7) is 0. The molecular weight excluding hydrogens is 485 g/mol. The zero-order valence-electron chi connectivity index (χ0n) is 19.3. The number of nitrogens with zero attached hydrogens (tertiary/aromatic N) is 4. The summed E-state index contributed by atoms with van der Waals surface area (Å²) in [6, 6.07) is 18.3. The van der Waals surface area contributed by atoms with Crippen LogP contribution in [0.5, 0.6) is 5.75 Å². The van der Waals surface area contributed by atoms with Gasteiger partial charge in [0.1, 0.15) is 17.9 Å². The van der Waals surface area contributed by atoms with Gasteiger partial charge in [-0.3, -0.25) is 4.79 Å². The van der Waals surface area contributed by atoms with Crippen LogP contribution < -0.4 is 15.4 Å². The third-order valence-electron chi connectivity index (χ3n) is 5.54. The third kappa shape index (κ3) is 5.06. The van der Waals surface area contributed by atoms with Crippen LogP contribution in [0.1, 0.15) is 15.9 Å². The van der Waals surface area contributed by atoms with Crippen LogP contribution in [-0.4, -0.2) is 32.8 Å². The second kappa shape index (κ2) is 9.61. The van der Waals surface area contributed by atoms with Crippen molar-refractivity contribution in [1.82, 2.24) is 19.7 Å². The molecule has 11 heteroatoms. The number of ether oxygens (including phenoxy) is 1. The van der Waals surface area contributed by atoms with Gasteiger partial charge in [0, 0.05) is 16.9 Å². The highest BCUT2D eigenvalue weighted by Crippen LogP contribution is 2.30. The Bertz CT molecular complexity index is 1560. The molecule has 5 rings (SSSR count). The SMILES string of the molecule is COc1ccc(-n2ncc3c(Nc4cccc(C(=O)Nc5ccc(C(F)(F)F)cc5)c4)ncnc32)cc1. The molecule has 2 heterocycles. The minimum absolute atomic E-state index is 0.250. The molecule has 0 aliphatic carbocycles. The van der Waals surface area contributed by atoms with Gasteiger partial charge in [0.05, 0.1) is 29.9 Å². The van der Waals surface area contributed by atoms with E-state index in [-0.39, 0.29) is 5.69 Å². The molecule has 0 bridgehead atoms. The first kappa shape index (κ1) is 23.8. The average Bonchev–Trinajstić information content (AvgIpc) is 3.34. The lowest BCUT2D eigenvalue weighted by molar-refractivity contribution is -0.137. The number of nitrogens with one attached hydrogen (secondary N) is 2. The first-order chi connectivity index (χ1) is 17.8. The van der Waals surface area contributed by atoms with Crippen LogP contribution in [0.15, 0.2) is 85.3 Å².